The maximum absolute atomic E-state index is 11.2. The van der Waals surface area contributed by atoms with E-state index in [4.69, 9.17) is 0 Å². The molecule has 0 bridgehead atoms. The van der Waals surface area contributed by atoms with Crippen LogP contribution in [0, 0.1) is 0 Å². The lowest BCUT2D eigenvalue weighted by atomic mass is 10.1. The average molecular weight is 233 g/mol. The molecule has 0 fully saturated rings. The Bertz CT molecular complexity index is 404. The first-order chi connectivity index (χ1) is 8.29. The number of benzene rings is 1. The molecule has 0 saturated heterocycles. The van der Waals surface area contributed by atoms with E-state index in [1.807, 2.05) is 13.1 Å². The molecule has 0 spiro atoms. The van der Waals surface area contributed by atoms with Crippen molar-refractivity contribution < 1.29 is 4.79 Å². The van der Waals surface area contributed by atoms with E-state index in [-0.39, 0.29) is 5.91 Å². The van der Waals surface area contributed by atoms with Crippen molar-refractivity contribution in [3.63, 3.8) is 0 Å². The molecule has 1 aromatic rings. The molecule has 1 aliphatic heterocycles. The fourth-order valence-corrected chi connectivity index (χ4v) is 2.01. The Morgan fingerprint density at radius 3 is 3.00 bits per heavy atom. The summed E-state index contributed by atoms with van der Waals surface area (Å²) in [5.74, 6) is 0.101. The van der Waals surface area contributed by atoms with E-state index < -0.39 is 0 Å². The number of carbonyl (C=O) groups excluding carboxylic acids is 1. The van der Waals surface area contributed by atoms with E-state index in [0.717, 1.165) is 37.3 Å². The standard InChI is InChI=1S/C13H19N3O/c1-14-6-7-15-5-4-10-2-3-12-11(8-10)9-13(17)16-12/h2-3,8,14-15H,4-7,9H2,1H3,(H,16,17). The van der Waals surface area contributed by atoms with Crippen LogP contribution in [0.4, 0.5) is 5.69 Å². The zero-order chi connectivity index (χ0) is 12.1. The van der Waals surface area contributed by atoms with Crippen LogP contribution in [-0.2, 0) is 17.6 Å². The van der Waals surface area contributed by atoms with E-state index in [0.29, 0.717) is 6.42 Å². The summed E-state index contributed by atoms with van der Waals surface area (Å²) in [5, 5.41) is 9.31. The average Bonchev–Trinajstić information content (AvgIpc) is 2.68. The first-order valence-electron chi connectivity index (χ1n) is 6.06. The Kier molecular flexibility index (Phi) is 4.12. The Balaban J connectivity index is 1.82. The zero-order valence-corrected chi connectivity index (χ0v) is 10.2. The van der Waals surface area contributed by atoms with Gasteiger partial charge in [-0.25, -0.2) is 0 Å². The highest BCUT2D eigenvalue weighted by atomic mass is 16.1. The molecule has 1 amide bonds. The first kappa shape index (κ1) is 12.1. The predicted molar refractivity (Wildman–Crippen MR) is 69.3 cm³/mol. The second kappa shape index (κ2) is 5.80. The summed E-state index contributed by atoms with van der Waals surface area (Å²) in [6, 6.07) is 6.22. The van der Waals surface area contributed by atoms with Gasteiger partial charge in [0.1, 0.15) is 0 Å². The third-order valence-corrected chi connectivity index (χ3v) is 2.94. The van der Waals surface area contributed by atoms with Gasteiger partial charge >= 0.3 is 0 Å². The van der Waals surface area contributed by atoms with Gasteiger partial charge in [-0.3, -0.25) is 4.79 Å². The van der Waals surface area contributed by atoms with E-state index in [1.54, 1.807) is 0 Å². The van der Waals surface area contributed by atoms with Gasteiger partial charge < -0.3 is 16.0 Å². The van der Waals surface area contributed by atoms with Gasteiger partial charge in [-0.15, -0.1) is 0 Å². The molecule has 4 nitrogen and oxygen atoms in total. The van der Waals surface area contributed by atoms with Crippen LogP contribution in [0.15, 0.2) is 18.2 Å². The van der Waals surface area contributed by atoms with Crippen molar-refractivity contribution >= 4 is 11.6 Å². The number of hydrogen-bond donors (Lipinski definition) is 3. The highest BCUT2D eigenvalue weighted by Gasteiger charge is 2.16. The first-order valence-corrected chi connectivity index (χ1v) is 6.06. The molecule has 0 unspecified atom stereocenters. The number of anilines is 1. The minimum Gasteiger partial charge on any atom is -0.326 e. The van der Waals surface area contributed by atoms with Gasteiger partial charge in [-0.05, 0) is 37.2 Å². The second-order valence-electron chi connectivity index (χ2n) is 4.32. The van der Waals surface area contributed by atoms with Gasteiger partial charge in [0.25, 0.3) is 0 Å². The molecule has 92 valence electrons. The van der Waals surface area contributed by atoms with Crippen LogP contribution in [-0.4, -0.2) is 32.6 Å². The number of rotatable bonds is 6. The van der Waals surface area contributed by atoms with Gasteiger partial charge in [0.2, 0.25) is 5.91 Å². The van der Waals surface area contributed by atoms with Crippen molar-refractivity contribution in [1.82, 2.24) is 10.6 Å². The summed E-state index contributed by atoms with van der Waals surface area (Å²) in [7, 11) is 1.95. The summed E-state index contributed by atoms with van der Waals surface area (Å²) < 4.78 is 0. The molecule has 1 aromatic carbocycles. The second-order valence-corrected chi connectivity index (χ2v) is 4.32. The maximum atomic E-state index is 11.2. The number of likely N-dealkylation sites (N-methyl/N-ethyl adjacent to an activating group) is 1. The Morgan fingerprint density at radius 2 is 2.18 bits per heavy atom. The zero-order valence-electron chi connectivity index (χ0n) is 10.2. The predicted octanol–water partition coefficient (Wildman–Crippen LogP) is 0.533. The topological polar surface area (TPSA) is 53.2 Å². The van der Waals surface area contributed by atoms with Crippen LogP contribution in [0.1, 0.15) is 11.1 Å². The molecule has 17 heavy (non-hydrogen) atoms. The molecule has 1 aliphatic rings. The number of nitrogens with one attached hydrogen (secondary N) is 3. The Morgan fingerprint density at radius 1 is 1.29 bits per heavy atom. The van der Waals surface area contributed by atoms with Crippen LogP contribution in [0.3, 0.4) is 0 Å². The SMILES string of the molecule is CNCCNCCc1ccc2c(c1)CC(=O)N2. The van der Waals surface area contributed by atoms with Gasteiger partial charge in [-0.1, -0.05) is 12.1 Å². The number of carbonyl (C=O) groups is 1. The normalized spacial score (nSPS) is 13.6. The van der Waals surface area contributed by atoms with Crippen LogP contribution in [0.25, 0.3) is 0 Å². The van der Waals surface area contributed by atoms with Crippen molar-refractivity contribution in [3.05, 3.63) is 29.3 Å². The highest BCUT2D eigenvalue weighted by molar-refractivity contribution is 5.99. The summed E-state index contributed by atoms with van der Waals surface area (Å²) in [4.78, 5) is 11.2. The van der Waals surface area contributed by atoms with Gasteiger partial charge in [-0.2, -0.15) is 0 Å². The van der Waals surface area contributed by atoms with Crippen molar-refractivity contribution in [2.75, 3.05) is 32.0 Å². The molecule has 3 N–H and O–H groups in total. The molecule has 0 radical (unpaired) electrons. The lowest BCUT2D eigenvalue weighted by Gasteiger charge is -2.06. The monoisotopic (exact) mass is 233 g/mol. The molecule has 1 heterocycles. The Labute approximate surface area is 102 Å². The molecule has 2 rings (SSSR count). The summed E-state index contributed by atoms with van der Waals surface area (Å²) >= 11 is 0. The lowest BCUT2D eigenvalue weighted by molar-refractivity contribution is -0.115. The van der Waals surface area contributed by atoms with E-state index in [9.17, 15) is 4.79 Å². The minimum absolute atomic E-state index is 0.101. The van der Waals surface area contributed by atoms with Crippen molar-refractivity contribution in [1.29, 1.82) is 0 Å². The quantitative estimate of drug-likeness (QED) is 0.628. The maximum Gasteiger partial charge on any atom is 0.228 e. The fraction of sp³-hybridized carbons (Fsp3) is 0.462. The summed E-state index contributed by atoms with van der Waals surface area (Å²) in [6.07, 6.45) is 1.53. The molecule has 0 atom stereocenters. The molecule has 4 heteroatoms. The largest absolute Gasteiger partial charge is 0.326 e. The van der Waals surface area contributed by atoms with Crippen molar-refractivity contribution in [2.45, 2.75) is 12.8 Å². The molecule has 0 saturated carbocycles. The van der Waals surface area contributed by atoms with Crippen molar-refractivity contribution in [3.8, 4) is 0 Å². The van der Waals surface area contributed by atoms with Crippen LogP contribution in [0.2, 0.25) is 0 Å². The van der Waals surface area contributed by atoms with Gasteiger partial charge in [0, 0.05) is 18.8 Å². The third kappa shape index (κ3) is 3.28. The van der Waals surface area contributed by atoms with Gasteiger partial charge in [0.15, 0.2) is 0 Å². The van der Waals surface area contributed by atoms with Gasteiger partial charge in [0.05, 0.1) is 6.42 Å². The molecule has 0 aromatic heterocycles. The lowest BCUT2D eigenvalue weighted by Crippen LogP contribution is -2.26. The summed E-state index contributed by atoms with van der Waals surface area (Å²) in [5.41, 5.74) is 3.39. The van der Waals surface area contributed by atoms with E-state index >= 15 is 0 Å². The molecule has 0 aliphatic carbocycles. The fourth-order valence-electron chi connectivity index (χ4n) is 2.01. The van der Waals surface area contributed by atoms with E-state index in [1.165, 1.54) is 5.56 Å². The molecular weight excluding hydrogens is 214 g/mol. The van der Waals surface area contributed by atoms with Crippen molar-refractivity contribution in [2.24, 2.45) is 0 Å². The highest BCUT2D eigenvalue weighted by Crippen LogP contribution is 2.23. The Hall–Kier alpha value is -1.39. The van der Waals surface area contributed by atoms with Crippen LogP contribution < -0.4 is 16.0 Å². The molecular formula is C13H19N3O. The van der Waals surface area contributed by atoms with Crippen LogP contribution in [0.5, 0.6) is 0 Å². The number of hydrogen-bond acceptors (Lipinski definition) is 3. The number of amides is 1. The smallest absolute Gasteiger partial charge is 0.228 e. The van der Waals surface area contributed by atoms with Crippen LogP contribution >= 0.6 is 0 Å². The number of fused-ring (bicyclic) bond motifs is 1. The minimum atomic E-state index is 0.101. The third-order valence-electron chi connectivity index (χ3n) is 2.94. The van der Waals surface area contributed by atoms with E-state index in [2.05, 4.69) is 28.1 Å². The summed E-state index contributed by atoms with van der Waals surface area (Å²) in [6.45, 7) is 2.95.